The van der Waals surface area contributed by atoms with Crippen LogP contribution in [0.2, 0.25) is 0 Å². The maximum Gasteiger partial charge on any atom is 0.178 e. The molecule has 0 spiro atoms. The summed E-state index contributed by atoms with van der Waals surface area (Å²) >= 11 is 0. The summed E-state index contributed by atoms with van der Waals surface area (Å²) in [6.45, 7) is 3.66. The molecule has 0 atom stereocenters. The molecule has 0 aliphatic rings. The number of aryl methyl sites for hydroxylation is 1. The molecule has 0 unspecified atom stereocenters. The van der Waals surface area contributed by atoms with E-state index in [1.807, 2.05) is 77.4 Å². The van der Waals surface area contributed by atoms with Crippen LogP contribution < -0.4 is 0 Å². The minimum atomic E-state index is -0.0101. The molecule has 4 rings (SSSR count). The standard InChI is InChI=1S/C24H20N2O/c1-17-10-9-13-20(16-17)24-25-22(19-11-5-3-6-12-19)23(18(2)27)26(24)21-14-7-4-8-15-21/h3-16H,1-2H3. The van der Waals surface area contributed by atoms with Crippen LogP contribution in [0, 0.1) is 6.92 Å². The zero-order valence-corrected chi connectivity index (χ0v) is 15.4. The minimum Gasteiger partial charge on any atom is -0.293 e. The summed E-state index contributed by atoms with van der Waals surface area (Å²) in [5, 5.41) is 0. The van der Waals surface area contributed by atoms with Gasteiger partial charge in [0, 0.05) is 23.7 Å². The lowest BCUT2D eigenvalue weighted by atomic mass is 10.1. The number of benzene rings is 3. The van der Waals surface area contributed by atoms with Gasteiger partial charge in [0.15, 0.2) is 5.78 Å². The van der Waals surface area contributed by atoms with Crippen molar-refractivity contribution in [2.45, 2.75) is 13.8 Å². The third-order valence-corrected chi connectivity index (χ3v) is 4.55. The van der Waals surface area contributed by atoms with Crippen LogP contribution in [-0.2, 0) is 0 Å². The number of aromatic nitrogens is 2. The number of hydrogen-bond donors (Lipinski definition) is 0. The molecule has 27 heavy (non-hydrogen) atoms. The summed E-state index contributed by atoms with van der Waals surface area (Å²) < 4.78 is 1.97. The summed E-state index contributed by atoms with van der Waals surface area (Å²) in [6.07, 6.45) is 0. The molecule has 0 saturated heterocycles. The number of carbonyl (C=O) groups is 1. The lowest BCUT2D eigenvalue weighted by molar-refractivity contribution is 0.101. The largest absolute Gasteiger partial charge is 0.293 e. The van der Waals surface area contributed by atoms with Crippen molar-refractivity contribution in [2.75, 3.05) is 0 Å². The van der Waals surface area contributed by atoms with Gasteiger partial charge in [-0.3, -0.25) is 9.36 Å². The van der Waals surface area contributed by atoms with Gasteiger partial charge in [0.25, 0.3) is 0 Å². The smallest absolute Gasteiger partial charge is 0.178 e. The molecule has 3 aromatic carbocycles. The molecule has 0 aliphatic carbocycles. The predicted molar refractivity (Wildman–Crippen MR) is 109 cm³/mol. The van der Waals surface area contributed by atoms with Gasteiger partial charge in [-0.15, -0.1) is 0 Å². The van der Waals surface area contributed by atoms with Crippen molar-refractivity contribution in [2.24, 2.45) is 0 Å². The van der Waals surface area contributed by atoms with Crippen LogP contribution in [0.25, 0.3) is 28.3 Å². The molecule has 1 aromatic heterocycles. The molecule has 0 aliphatic heterocycles. The van der Waals surface area contributed by atoms with E-state index in [4.69, 9.17) is 4.98 Å². The Morgan fingerprint density at radius 2 is 1.44 bits per heavy atom. The Bertz CT molecular complexity index is 1100. The van der Waals surface area contributed by atoms with Gasteiger partial charge >= 0.3 is 0 Å². The second-order valence-corrected chi connectivity index (χ2v) is 6.60. The number of Topliss-reactive ketones (excluding diaryl/α,β-unsaturated/α-hetero) is 1. The first-order chi connectivity index (χ1) is 13.1. The van der Waals surface area contributed by atoms with Gasteiger partial charge in [-0.1, -0.05) is 72.3 Å². The number of rotatable bonds is 4. The molecule has 3 heteroatoms. The van der Waals surface area contributed by atoms with Crippen LogP contribution in [0.1, 0.15) is 23.0 Å². The number of para-hydroxylation sites is 1. The Labute approximate surface area is 158 Å². The average Bonchev–Trinajstić information content (AvgIpc) is 3.10. The molecule has 3 nitrogen and oxygen atoms in total. The quantitative estimate of drug-likeness (QED) is 0.440. The first-order valence-corrected chi connectivity index (χ1v) is 8.96. The number of imidazole rings is 1. The second-order valence-electron chi connectivity index (χ2n) is 6.60. The molecule has 0 fully saturated rings. The van der Waals surface area contributed by atoms with Crippen molar-refractivity contribution in [3.8, 4) is 28.3 Å². The highest BCUT2D eigenvalue weighted by molar-refractivity contribution is 6.00. The van der Waals surface area contributed by atoms with Crippen molar-refractivity contribution in [3.05, 3.63) is 96.2 Å². The number of ketones is 1. The van der Waals surface area contributed by atoms with Gasteiger partial charge in [0.2, 0.25) is 0 Å². The van der Waals surface area contributed by atoms with E-state index in [1.165, 1.54) is 0 Å². The van der Waals surface area contributed by atoms with E-state index in [0.717, 1.165) is 28.2 Å². The lowest BCUT2D eigenvalue weighted by Gasteiger charge is -2.11. The number of carbonyl (C=O) groups excluding carboxylic acids is 1. The normalized spacial score (nSPS) is 10.7. The van der Waals surface area contributed by atoms with Crippen molar-refractivity contribution in [1.82, 2.24) is 9.55 Å². The van der Waals surface area contributed by atoms with Crippen LogP contribution in [0.4, 0.5) is 0 Å². The summed E-state index contributed by atoms with van der Waals surface area (Å²) in [6, 6.07) is 28.0. The molecule has 0 bridgehead atoms. The summed E-state index contributed by atoms with van der Waals surface area (Å²) in [5.74, 6) is 0.762. The molecule has 1 heterocycles. The van der Waals surface area contributed by atoms with Gasteiger partial charge in [0.05, 0.1) is 0 Å². The Hall–Kier alpha value is -3.46. The molecular weight excluding hydrogens is 332 g/mol. The third-order valence-electron chi connectivity index (χ3n) is 4.55. The van der Waals surface area contributed by atoms with Gasteiger partial charge in [-0.2, -0.15) is 0 Å². The zero-order valence-electron chi connectivity index (χ0n) is 15.4. The summed E-state index contributed by atoms with van der Waals surface area (Å²) in [4.78, 5) is 17.6. The van der Waals surface area contributed by atoms with E-state index < -0.39 is 0 Å². The third kappa shape index (κ3) is 3.20. The Morgan fingerprint density at radius 3 is 2.07 bits per heavy atom. The molecule has 132 valence electrons. The van der Waals surface area contributed by atoms with Crippen molar-refractivity contribution >= 4 is 5.78 Å². The van der Waals surface area contributed by atoms with Crippen molar-refractivity contribution in [3.63, 3.8) is 0 Å². The molecule has 0 saturated carbocycles. The second kappa shape index (κ2) is 7.04. The Balaban J connectivity index is 2.07. The van der Waals surface area contributed by atoms with E-state index in [2.05, 4.69) is 19.1 Å². The van der Waals surface area contributed by atoms with Gasteiger partial charge in [-0.05, 0) is 25.1 Å². The zero-order chi connectivity index (χ0) is 18.8. The Morgan fingerprint density at radius 1 is 0.815 bits per heavy atom. The van der Waals surface area contributed by atoms with Crippen molar-refractivity contribution in [1.29, 1.82) is 0 Å². The molecule has 0 amide bonds. The van der Waals surface area contributed by atoms with E-state index in [1.54, 1.807) is 6.92 Å². The topological polar surface area (TPSA) is 34.9 Å². The highest BCUT2D eigenvalue weighted by atomic mass is 16.1. The fraction of sp³-hybridized carbons (Fsp3) is 0.0833. The van der Waals surface area contributed by atoms with E-state index in [0.29, 0.717) is 11.4 Å². The maximum atomic E-state index is 12.7. The van der Waals surface area contributed by atoms with Gasteiger partial charge in [0.1, 0.15) is 17.2 Å². The lowest BCUT2D eigenvalue weighted by Crippen LogP contribution is -2.07. The van der Waals surface area contributed by atoms with Gasteiger partial charge in [-0.25, -0.2) is 4.98 Å². The fourth-order valence-corrected chi connectivity index (χ4v) is 3.35. The fourth-order valence-electron chi connectivity index (χ4n) is 3.35. The van der Waals surface area contributed by atoms with Crippen LogP contribution in [-0.4, -0.2) is 15.3 Å². The van der Waals surface area contributed by atoms with Crippen LogP contribution >= 0.6 is 0 Å². The van der Waals surface area contributed by atoms with E-state index >= 15 is 0 Å². The van der Waals surface area contributed by atoms with Gasteiger partial charge < -0.3 is 0 Å². The number of hydrogen-bond acceptors (Lipinski definition) is 2. The average molecular weight is 352 g/mol. The highest BCUT2D eigenvalue weighted by Crippen LogP contribution is 2.32. The highest BCUT2D eigenvalue weighted by Gasteiger charge is 2.23. The maximum absolute atomic E-state index is 12.7. The first kappa shape index (κ1) is 17.0. The first-order valence-electron chi connectivity index (χ1n) is 8.96. The SMILES string of the molecule is CC(=O)c1c(-c2ccccc2)nc(-c2cccc(C)c2)n1-c1ccccc1. The van der Waals surface area contributed by atoms with Crippen molar-refractivity contribution < 1.29 is 4.79 Å². The minimum absolute atomic E-state index is 0.0101. The van der Waals surface area contributed by atoms with Crippen LogP contribution in [0.5, 0.6) is 0 Å². The van der Waals surface area contributed by atoms with Crippen LogP contribution in [0.15, 0.2) is 84.9 Å². The molecular formula is C24H20N2O. The summed E-state index contributed by atoms with van der Waals surface area (Å²) in [5.41, 5.74) is 5.32. The predicted octanol–water partition coefficient (Wildman–Crippen LogP) is 5.72. The number of nitrogens with zero attached hydrogens (tertiary/aromatic N) is 2. The molecule has 0 N–H and O–H groups in total. The summed E-state index contributed by atoms with van der Waals surface area (Å²) in [7, 11) is 0. The van der Waals surface area contributed by atoms with Crippen LogP contribution in [0.3, 0.4) is 0 Å². The molecule has 4 aromatic rings. The molecule has 0 radical (unpaired) electrons. The Kier molecular flexibility index (Phi) is 4.43. The van der Waals surface area contributed by atoms with E-state index in [9.17, 15) is 4.79 Å². The monoisotopic (exact) mass is 352 g/mol. The van der Waals surface area contributed by atoms with E-state index in [-0.39, 0.29) is 5.78 Å².